The highest BCUT2D eigenvalue weighted by molar-refractivity contribution is 5.52. The highest BCUT2D eigenvalue weighted by atomic mass is 16.7. The second-order valence-electron chi connectivity index (χ2n) is 4.57. The number of ether oxygens (including phenoxy) is 3. The molecule has 1 aromatic rings. The minimum absolute atomic E-state index is 0.129. The van der Waals surface area contributed by atoms with Crippen LogP contribution >= 0.6 is 0 Å². The maximum atomic E-state index is 6.03. The molecule has 0 saturated carbocycles. The fourth-order valence-corrected chi connectivity index (χ4v) is 1.92. The zero-order valence-electron chi connectivity index (χ0n) is 11.5. The molecule has 1 aromatic carbocycles. The molecule has 0 aliphatic carbocycles. The van der Waals surface area contributed by atoms with Gasteiger partial charge in [0.15, 0.2) is 11.5 Å². The molecule has 0 aromatic heterocycles. The molecule has 1 unspecified atom stereocenters. The largest absolute Gasteiger partial charge is 0.489 e. The van der Waals surface area contributed by atoms with Gasteiger partial charge in [0.2, 0.25) is 6.79 Å². The average Bonchev–Trinajstić information content (AvgIpc) is 2.86. The number of benzene rings is 1. The van der Waals surface area contributed by atoms with Crippen molar-refractivity contribution in [1.29, 1.82) is 0 Å². The molecule has 1 atom stereocenters. The molecule has 2 rings (SSSR count). The van der Waals surface area contributed by atoms with Gasteiger partial charge in [0.1, 0.15) is 12.4 Å². The quantitative estimate of drug-likeness (QED) is 0.802. The lowest BCUT2D eigenvalue weighted by Crippen LogP contribution is -2.21. The summed E-state index contributed by atoms with van der Waals surface area (Å²) >= 11 is 0. The first-order chi connectivity index (χ1) is 9.24. The number of nitrogens with two attached hydrogens (primary N) is 1. The summed E-state index contributed by atoms with van der Waals surface area (Å²) in [6.07, 6.45) is 5.64. The fourth-order valence-electron chi connectivity index (χ4n) is 1.92. The van der Waals surface area contributed by atoms with Gasteiger partial charge in [-0.2, -0.15) is 0 Å². The van der Waals surface area contributed by atoms with Gasteiger partial charge in [-0.15, -0.1) is 0 Å². The molecule has 1 heterocycles. The lowest BCUT2D eigenvalue weighted by molar-refractivity contribution is 0.174. The molecule has 1 aliphatic rings. The van der Waals surface area contributed by atoms with E-state index >= 15 is 0 Å². The molecule has 0 amide bonds. The van der Waals surface area contributed by atoms with Gasteiger partial charge in [-0.1, -0.05) is 19.1 Å². The van der Waals surface area contributed by atoms with Crippen molar-refractivity contribution in [2.75, 3.05) is 13.4 Å². The first-order valence-corrected chi connectivity index (χ1v) is 6.66. The molecular formula is C15H21NO3. The van der Waals surface area contributed by atoms with E-state index in [4.69, 9.17) is 19.9 Å². The van der Waals surface area contributed by atoms with Gasteiger partial charge in [0.25, 0.3) is 0 Å². The molecule has 19 heavy (non-hydrogen) atoms. The summed E-state index contributed by atoms with van der Waals surface area (Å²) in [5, 5.41) is 0. The third-order valence-corrected chi connectivity index (χ3v) is 3.13. The summed E-state index contributed by atoms with van der Waals surface area (Å²) in [7, 11) is 0. The molecule has 0 radical (unpaired) electrons. The van der Waals surface area contributed by atoms with Crippen LogP contribution < -0.4 is 19.9 Å². The first-order valence-electron chi connectivity index (χ1n) is 6.66. The number of hydrogen-bond acceptors (Lipinski definition) is 4. The SMILES string of the molecule is C/C=C/COc1cc2c(cc1CC(N)CC)OCO2. The number of hydrogen-bond donors (Lipinski definition) is 1. The minimum atomic E-state index is 0.129. The summed E-state index contributed by atoms with van der Waals surface area (Å²) in [4.78, 5) is 0. The normalized spacial score (nSPS) is 14.9. The van der Waals surface area contributed by atoms with E-state index in [2.05, 4.69) is 6.92 Å². The van der Waals surface area contributed by atoms with E-state index in [-0.39, 0.29) is 12.8 Å². The molecule has 2 N–H and O–H groups in total. The molecule has 0 spiro atoms. The van der Waals surface area contributed by atoms with Gasteiger partial charge < -0.3 is 19.9 Å². The highest BCUT2D eigenvalue weighted by Gasteiger charge is 2.19. The Balaban J connectivity index is 2.21. The zero-order valence-corrected chi connectivity index (χ0v) is 11.5. The Bertz CT molecular complexity index is 457. The van der Waals surface area contributed by atoms with Gasteiger partial charge in [0.05, 0.1) is 0 Å². The predicted molar refractivity (Wildman–Crippen MR) is 74.8 cm³/mol. The van der Waals surface area contributed by atoms with Crippen LogP contribution in [0.3, 0.4) is 0 Å². The maximum absolute atomic E-state index is 6.03. The Hall–Kier alpha value is -1.68. The Morgan fingerprint density at radius 3 is 2.79 bits per heavy atom. The number of allylic oxidation sites excluding steroid dienone is 1. The Morgan fingerprint density at radius 2 is 2.11 bits per heavy atom. The van der Waals surface area contributed by atoms with Crippen LogP contribution in [0.2, 0.25) is 0 Å². The molecule has 4 heteroatoms. The van der Waals surface area contributed by atoms with Crippen LogP contribution in [0, 0.1) is 0 Å². The Labute approximate surface area is 114 Å². The molecule has 0 saturated heterocycles. The Kier molecular flexibility index (Phi) is 4.68. The van der Waals surface area contributed by atoms with Crippen LogP contribution in [0.15, 0.2) is 24.3 Å². The van der Waals surface area contributed by atoms with E-state index in [9.17, 15) is 0 Å². The zero-order chi connectivity index (χ0) is 13.7. The van der Waals surface area contributed by atoms with Crippen molar-refractivity contribution in [1.82, 2.24) is 0 Å². The third kappa shape index (κ3) is 3.41. The standard InChI is InChI=1S/C15H21NO3/c1-3-5-6-17-13-9-15-14(18-10-19-15)8-11(13)7-12(16)4-2/h3,5,8-9,12H,4,6-7,10,16H2,1-2H3/b5-3+. The second-order valence-corrected chi connectivity index (χ2v) is 4.57. The van der Waals surface area contributed by atoms with Crippen molar-refractivity contribution in [3.63, 3.8) is 0 Å². The maximum Gasteiger partial charge on any atom is 0.231 e. The third-order valence-electron chi connectivity index (χ3n) is 3.13. The van der Waals surface area contributed by atoms with Crippen molar-refractivity contribution in [2.24, 2.45) is 5.73 Å². The van der Waals surface area contributed by atoms with Crippen molar-refractivity contribution < 1.29 is 14.2 Å². The highest BCUT2D eigenvalue weighted by Crippen LogP contribution is 2.38. The van der Waals surface area contributed by atoms with Crippen LogP contribution in [-0.2, 0) is 6.42 Å². The molecule has 4 nitrogen and oxygen atoms in total. The smallest absolute Gasteiger partial charge is 0.231 e. The fraction of sp³-hybridized carbons (Fsp3) is 0.467. The molecule has 1 aliphatic heterocycles. The molecular weight excluding hydrogens is 242 g/mol. The van der Waals surface area contributed by atoms with Gasteiger partial charge in [0, 0.05) is 12.1 Å². The monoisotopic (exact) mass is 263 g/mol. The van der Waals surface area contributed by atoms with Crippen molar-refractivity contribution in [3.8, 4) is 17.2 Å². The molecule has 104 valence electrons. The van der Waals surface area contributed by atoms with E-state index in [1.54, 1.807) is 0 Å². The molecule has 0 fully saturated rings. The van der Waals surface area contributed by atoms with Crippen molar-refractivity contribution in [3.05, 3.63) is 29.8 Å². The lowest BCUT2D eigenvalue weighted by atomic mass is 10.0. The predicted octanol–water partition coefficient (Wildman–Crippen LogP) is 2.65. The summed E-state index contributed by atoms with van der Waals surface area (Å²) in [5.41, 5.74) is 7.10. The summed E-state index contributed by atoms with van der Waals surface area (Å²) in [6, 6.07) is 4.00. The van der Waals surface area contributed by atoms with Gasteiger partial charge in [-0.05, 0) is 31.4 Å². The Morgan fingerprint density at radius 1 is 1.37 bits per heavy atom. The van der Waals surface area contributed by atoms with Gasteiger partial charge in [-0.3, -0.25) is 0 Å². The van der Waals surface area contributed by atoms with Gasteiger partial charge in [-0.25, -0.2) is 0 Å². The van der Waals surface area contributed by atoms with E-state index in [0.29, 0.717) is 6.61 Å². The van der Waals surface area contributed by atoms with Crippen LogP contribution in [0.4, 0.5) is 0 Å². The van der Waals surface area contributed by atoms with Crippen LogP contribution in [0.25, 0.3) is 0 Å². The van der Waals surface area contributed by atoms with Crippen LogP contribution in [-0.4, -0.2) is 19.4 Å². The van der Waals surface area contributed by atoms with Crippen molar-refractivity contribution >= 4 is 0 Å². The van der Waals surface area contributed by atoms with E-state index in [0.717, 1.165) is 35.7 Å². The summed E-state index contributed by atoms with van der Waals surface area (Å²) < 4.78 is 16.6. The van der Waals surface area contributed by atoms with E-state index in [1.165, 1.54) is 0 Å². The molecule has 0 bridgehead atoms. The van der Waals surface area contributed by atoms with E-state index < -0.39 is 0 Å². The van der Waals surface area contributed by atoms with E-state index in [1.807, 2.05) is 31.2 Å². The van der Waals surface area contributed by atoms with Crippen LogP contribution in [0.5, 0.6) is 17.2 Å². The topological polar surface area (TPSA) is 53.7 Å². The summed E-state index contributed by atoms with van der Waals surface area (Å²) in [5.74, 6) is 2.34. The number of fused-ring (bicyclic) bond motifs is 1. The number of rotatable bonds is 6. The van der Waals surface area contributed by atoms with Gasteiger partial charge >= 0.3 is 0 Å². The average molecular weight is 263 g/mol. The first kappa shape index (κ1) is 13.7. The second kappa shape index (κ2) is 6.48. The minimum Gasteiger partial charge on any atom is -0.489 e. The lowest BCUT2D eigenvalue weighted by Gasteiger charge is -2.14. The van der Waals surface area contributed by atoms with Crippen molar-refractivity contribution in [2.45, 2.75) is 32.7 Å². The van der Waals surface area contributed by atoms with Crippen LogP contribution in [0.1, 0.15) is 25.8 Å². The summed E-state index contributed by atoms with van der Waals surface area (Å²) in [6.45, 7) is 4.87.